The van der Waals surface area contributed by atoms with Crippen LogP contribution in [0.1, 0.15) is 22.8 Å². The SMILES string of the molecule is CC(OC(=O)c1ccc(F)cc1N)C(=O)N1CC(=O)Nc2cc(C(F)(F)F)ccc21. The number of ether oxygens (including phenoxy) is 1. The fourth-order valence-corrected chi connectivity index (χ4v) is 2.88. The second-order valence-electron chi connectivity index (χ2n) is 6.48. The van der Waals surface area contributed by atoms with Gasteiger partial charge in [-0.3, -0.25) is 14.5 Å². The van der Waals surface area contributed by atoms with E-state index in [9.17, 15) is 31.9 Å². The number of esters is 1. The third-order valence-corrected chi connectivity index (χ3v) is 4.32. The molecule has 1 atom stereocenters. The van der Waals surface area contributed by atoms with Crippen molar-refractivity contribution in [3.05, 3.63) is 53.3 Å². The van der Waals surface area contributed by atoms with Crippen molar-refractivity contribution in [2.45, 2.75) is 19.2 Å². The number of carbonyl (C=O) groups is 3. The molecule has 2 amide bonds. The van der Waals surface area contributed by atoms with Gasteiger partial charge in [-0.15, -0.1) is 0 Å². The molecule has 7 nitrogen and oxygen atoms in total. The molecule has 2 aromatic rings. The average molecular weight is 425 g/mol. The summed E-state index contributed by atoms with van der Waals surface area (Å²) in [4.78, 5) is 37.8. The van der Waals surface area contributed by atoms with Crippen LogP contribution in [-0.2, 0) is 20.5 Å². The lowest BCUT2D eigenvalue weighted by molar-refractivity contribution is -0.137. The molecule has 30 heavy (non-hydrogen) atoms. The number of carbonyl (C=O) groups excluding carboxylic acids is 3. The molecule has 158 valence electrons. The molecule has 0 fully saturated rings. The smallest absolute Gasteiger partial charge is 0.416 e. The maximum atomic E-state index is 13.1. The molecule has 1 heterocycles. The van der Waals surface area contributed by atoms with Gasteiger partial charge in [0.05, 0.1) is 22.5 Å². The van der Waals surface area contributed by atoms with Crippen molar-refractivity contribution in [3.8, 4) is 0 Å². The van der Waals surface area contributed by atoms with Crippen molar-refractivity contribution in [1.29, 1.82) is 0 Å². The van der Waals surface area contributed by atoms with Gasteiger partial charge in [0.2, 0.25) is 5.91 Å². The quantitative estimate of drug-likeness (QED) is 0.447. The maximum absolute atomic E-state index is 13.1. The van der Waals surface area contributed by atoms with Crippen molar-refractivity contribution in [1.82, 2.24) is 0 Å². The first kappa shape index (κ1) is 21.1. The number of amides is 2. The Morgan fingerprint density at radius 1 is 1.20 bits per heavy atom. The number of anilines is 3. The molecule has 1 aliphatic heterocycles. The molecule has 1 aliphatic rings. The molecule has 0 aliphatic carbocycles. The predicted molar refractivity (Wildman–Crippen MR) is 98.1 cm³/mol. The first-order valence-corrected chi connectivity index (χ1v) is 8.56. The van der Waals surface area contributed by atoms with Crippen LogP contribution >= 0.6 is 0 Å². The molecular weight excluding hydrogens is 410 g/mol. The molecule has 0 radical (unpaired) electrons. The summed E-state index contributed by atoms with van der Waals surface area (Å²) in [6.45, 7) is 0.758. The van der Waals surface area contributed by atoms with Gasteiger partial charge in [0.1, 0.15) is 12.4 Å². The van der Waals surface area contributed by atoms with E-state index in [1.165, 1.54) is 6.92 Å². The number of rotatable bonds is 3. The summed E-state index contributed by atoms with van der Waals surface area (Å²) in [5.41, 5.74) is 4.04. The van der Waals surface area contributed by atoms with Gasteiger partial charge in [-0.25, -0.2) is 9.18 Å². The van der Waals surface area contributed by atoms with Gasteiger partial charge >= 0.3 is 12.1 Å². The number of hydrogen-bond donors (Lipinski definition) is 2. The molecular formula is C19H15F4N3O4. The van der Waals surface area contributed by atoms with Gasteiger partial charge in [0.15, 0.2) is 6.10 Å². The molecule has 3 N–H and O–H groups in total. The average Bonchev–Trinajstić information content (AvgIpc) is 2.65. The normalized spacial score (nSPS) is 14.6. The molecule has 0 saturated carbocycles. The van der Waals surface area contributed by atoms with Gasteiger partial charge in [-0.1, -0.05) is 0 Å². The predicted octanol–water partition coefficient (Wildman–Crippen LogP) is 2.96. The topological polar surface area (TPSA) is 102 Å². The summed E-state index contributed by atoms with van der Waals surface area (Å²) >= 11 is 0. The van der Waals surface area contributed by atoms with Crippen LogP contribution in [0.2, 0.25) is 0 Å². The maximum Gasteiger partial charge on any atom is 0.416 e. The highest BCUT2D eigenvalue weighted by Gasteiger charge is 2.35. The van der Waals surface area contributed by atoms with E-state index in [4.69, 9.17) is 10.5 Å². The Morgan fingerprint density at radius 3 is 2.53 bits per heavy atom. The summed E-state index contributed by atoms with van der Waals surface area (Å²) in [6.07, 6.45) is -6.03. The van der Waals surface area contributed by atoms with Crippen molar-refractivity contribution >= 4 is 34.8 Å². The number of fused-ring (bicyclic) bond motifs is 1. The lowest BCUT2D eigenvalue weighted by Gasteiger charge is -2.31. The van der Waals surface area contributed by atoms with E-state index in [1.807, 2.05) is 0 Å². The van der Waals surface area contributed by atoms with Crippen LogP contribution in [0.15, 0.2) is 36.4 Å². The first-order valence-electron chi connectivity index (χ1n) is 8.56. The Bertz CT molecular complexity index is 1040. The number of nitrogen functional groups attached to an aromatic ring is 1. The van der Waals surface area contributed by atoms with Crippen molar-refractivity contribution in [2.24, 2.45) is 0 Å². The van der Waals surface area contributed by atoms with Gasteiger partial charge in [-0.2, -0.15) is 13.2 Å². The zero-order valence-electron chi connectivity index (χ0n) is 15.4. The van der Waals surface area contributed by atoms with Crippen molar-refractivity contribution in [2.75, 3.05) is 22.5 Å². The highest BCUT2D eigenvalue weighted by atomic mass is 19.4. The highest BCUT2D eigenvalue weighted by molar-refractivity contribution is 6.11. The molecule has 1 unspecified atom stereocenters. The van der Waals surface area contributed by atoms with Gasteiger partial charge in [-0.05, 0) is 43.3 Å². The number of benzene rings is 2. The summed E-state index contributed by atoms with van der Waals surface area (Å²) in [6, 6.07) is 5.51. The number of halogens is 4. The summed E-state index contributed by atoms with van der Waals surface area (Å²) < 4.78 is 56.9. The molecule has 0 bridgehead atoms. The van der Waals surface area contributed by atoms with Crippen LogP contribution in [0.4, 0.5) is 34.6 Å². The Morgan fingerprint density at radius 2 is 1.90 bits per heavy atom. The monoisotopic (exact) mass is 425 g/mol. The Kier molecular flexibility index (Phi) is 5.38. The van der Waals surface area contributed by atoms with Crippen LogP contribution in [0.3, 0.4) is 0 Å². The van der Waals surface area contributed by atoms with Crippen LogP contribution in [0, 0.1) is 5.82 Å². The molecule has 0 aromatic heterocycles. The molecule has 0 spiro atoms. The minimum absolute atomic E-state index is 0.0248. The van der Waals surface area contributed by atoms with E-state index < -0.39 is 48.0 Å². The standard InChI is InChI=1S/C19H15F4N3O4/c1-9(30-18(29)12-4-3-11(20)7-13(12)24)17(28)26-8-16(27)25-14-6-10(19(21,22)23)2-5-15(14)26/h2-7,9H,8,24H2,1H3,(H,25,27). The third-order valence-electron chi connectivity index (χ3n) is 4.32. The lowest BCUT2D eigenvalue weighted by atomic mass is 10.1. The van der Waals surface area contributed by atoms with E-state index in [1.54, 1.807) is 0 Å². The van der Waals surface area contributed by atoms with Gasteiger partial charge in [0, 0.05) is 5.69 Å². The second kappa shape index (κ2) is 7.65. The fourth-order valence-electron chi connectivity index (χ4n) is 2.88. The zero-order valence-corrected chi connectivity index (χ0v) is 15.4. The highest BCUT2D eigenvalue weighted by Crippen LogP contribution is 2.37. The minimum atomic E-state index is -4.63. The molecule has 2 aromatic carbocycles. The minimum Gasteiger partial charge on any atom is -0.449 e. The third kappa shape index (κ3) is 4.19. The first-order chi connectivity index (χ1) is 14.0. The summed E-state index contributed by atoms with van der Waals surface area (Å²) in [5.74, 6) is -3.21. The summed E-state index contributed by atoms with van der Waals surface area (Å²) in [7, 11) is 0. The van der Waals surface area contributed by atoms with Crippen LogP contribution in [0.25, 0.3) is 0 Å². The van der Waals surface area contributed by atoms with Gasteiger partial charge in [0.25, 0.3) is 5.91 Å². The largest absolute Gasteiger partial charge is 0.449 e. The van der Waals surface area contributed by atoms with Gasteiger partial charge < -0.3 is 15.8 Å². The van der Waals surface area contributed by atoms with Crippen molar-refractivity contribution < 1.29 is 36.7 Å². The van der Waals surface area contributed by atoms with Crippen molar-refractivity contribution in [3.63, 3.8) is 0 Å². The van der Waals surface area contributed by atoms with E-state index in [0.717, 1.165) is 35.2 Å². The fraction of sp³-hybridized carbons (Fsp3) is 0.211. The Labute approximate surface area is 167 Å². The van der Waals surface area contributed by atoms with E-state index in [-0.39, 0.29) is 22.6 Å². The van der Waals surface area contributed by atoms with Crippen LogP contribution in [-0.4, -0.2) is 30.4 Å². The number of nitrogens with zero attached hydrogens (tertiary/aromatic N) is 1. The van der Waals surface area contributed by atoms with E-state index in [2.05, 4.69) is 5.32 Å². The molecule has 3 rings (SSSR count). The molecule has 0 saturated heterocycles. The Balaban J connectivity index is 1.83. The number of nitrogens with one attached hydrogen (secondary N) is 1. The van der Waals surface area contributed by atoms with Crippen LogP contribution in [0.5, 0.6) is 0 Å². The van der Waals surface area contributed by atoms with Crippen LogP contribution < -0.4 is 16.0 Å². The van der Waals surface area contributed by atoms with E-state index >= 15 is 0 Å². The zero-order chi connectivity index (χ0) is 22.2. The number of alkyl halides is 3. The second-order valence-corrected chi connectivity index (χ2v) is 6.48. The lowest BCUT2D eigenvalue weighted by Crippen LogP contribution is -2.47. The van der Waals surface area contributed by atoms with E-state index in [0.29, 0.717) is 6.07 Å². The molecule has 11 heteroatoms. The number of nitrogens with two attached hydrogens (primary N) is 1. The number of hydrogen-bond acceptors (Lipinski definition) is 5. The summed E-state index contributed by atoms with van der Waals surface area (Å²) in [5, 5.41) is 2.28. The Hall–Kier alpha value is -3.63.